The standard InChI is InChI=1S/C22H28N4O2S/c1-17-14-26-19(16-29-22(26)23-17)6-9-21(27)25-11-3-10-24(12-13-25)15-18-4-7-20(28-2)8-5-18/h4-5,7-8,14,16H,3,6,9-13,15H2,1-2H3. The summed E-state index contributed by atoms with van der Waals surface area (Å²) < 4.78 is 7.35. The van der Waals surface area contributed by atoms with Gasteiger partial charge in [-0.1, -0.05) is 12.1 Å². The van der Waals surface area contributed by atoms with Crippen LogP contribution in [0.15, 0.2) is 35.8 Å². The number of aromatic nitrogens is 2. The first kappa shape index (κ1) is 19.9. The topological polar surface area (TPSA) is 50.1 Å². The van der Waals surface area contributed by atoms with E-state index in [2.05, 4.69) is 38.0 Å². The van der Waals surface area contributed by atoms with Crippen LogP contribution in [0.1, 0.15) is 29.8 Å². The van der Waals surface area contributed by atoms with Gasteiger partial charge in [-0.05, 0) is 37.5 Å². The maximum absolute atomic E-state index is 12.8. The third-order valence-electron chi connectivity index (χ3n) is 5.51. The van der Waals surface area contributed by atoms with Crippen molar-refractivity contribution >= 4 is 22.2 Å². The van der Waals surface area contributed by atoms with Gasteiger partial charge in [0.2, 0.25) is 5.91 Å². The SMILES string of the molecule is COc1ccc(CN2CCCN(C(=O)CCc3csc4nc(C)cn34)CC2)cc1. The van der Waals surface area contributed by atoms with E-state index in [0.29, 0.717) is 6.42 Å². The van der Waals surface area contributed by atoms with E-state index in [9.17, 15) is 4.79 Å². The van der Waals surface area contributed by atoms with E-state index >= 15 is 0 Å². The van der Waals surface area contributed by atoms with Crippen LogP contribution < -0.4 is 4.74 Å². The number of imidazole rings is 1. The number of rotatable bonds is 6. The molecule has 0 aliphatic carbocycles. The van der Waals surface area contributed by atoms with Gasteiger partial charge in [-0.2, -0.15) is 0 Å². The molecule has 0 radical (unpaired) electrons. The summed E-state index contributed by atoms with van der Waals surface area (Å²) in [6, 6.07) is 8.25. The van der Waals surface area contributed by atoms with Crippen LogP contribution in [0.3, 0.4) is 0 Å². The predicted molar refractivity (Wildman–Crippen MR) is 116 cm³/mol. The number of methoxy groups -OCH3 is 1. The van der Waals surface area contributed by atoms with Gasteiger partial charge in [-0.15, -0.1) is 11.3 Å². The number of nitrogens with zero attached hydrogens (tertiary/aromatic N) is 4. The Morgan fingerprint density at radius 1 is 1.17 bits per heavy atom. The number of carbonyl (C=O) groups excluding carboxylic acids is 1. The Morgan fingerprint density at radius 3 is 2.79 bits per heavy atom. The van der Waals surface area contributed by atoms with Crippen LogP contribution in [0, 0.1) is 6.92 Å². The number of carbonyl (C=O) groups is 1. The minimum absolute atomic E-state index is 0.257. The molecule has 3 aromatic rings. The lowest BCUT2D eigenvalue weighted by Gasteiger charge is -2.22. The number of thiazole rings is 1. The molecule has 0 atom stereocenters. The Labute approximate surface area is 175 Å². The van der Waals surface area contributed by atoms with Gasteiger partial charge in [-0.3, -0.25) is 14.1 Å². The van der Waals surface area contributed by atoms with Crippen LogP contribution in [-0.2, 0) is 17.8 Å². The Bertz CT molecular complexity index is 963. The molecule has 4 rings (SSSR count). The molecular formula is C22H28N4O2S. The number of amides is 1. The monoisotopic (exact) mass is 412 g/mol. The van der Waals surface area contributed by atoms with Crippen LogP contribution in [0.25, 0.3) is 4.96 Å². The van der Waals surface area contributed by atoms with E-state index in [1.54, 1.807) is 18.4 Å². The maximum atomic E-state index is 12.8. The fourth-order valence-electron chi connectivity index (χ4n) is 3.88. The average molecular weight is 413 g/mol. The van der Waals surface area contributed by atoms with Gasteiger partial charge >= 0.3 is 0 Å². The number of hydrogen-bond acceptors (Lipinski definition) is 5. The Kier molecular flexibility index (Phi) is 6.16. The van der Waals surface area contributed by atoms with Crippen molar-refractivity contribution in [3.05, 3.63) is 52.8 Å². The molecule has 1 amide bonds. The minimum atomic E-state index is 0.257. The van der Waals surface area contributed by atoms with E-state index in [-0.39, 0.29) is 5.91 Å². The molecule has 3 heterocycles. The molecule has 0 N–H and O–H groups in total. The molecular weight excluding hydrogens is 384 g/mol. The Morgan fingerprint density at radius 2 is 2.00 bits per heavy atom. The third kappa shape index (κ3) is 4.79. The molecule has 1 aromatic carbocycles. The van der Waals surface area contributed by atoms with Crippen LogP contribution in [0.5, 0.6) is 5.75 Å². The molecule has 1 saturated heterocycles. The summed E-state index contributed by atoms with van der Waals surface area (Å²) in [4.78, 5) is 22.8. The van der Waals surface area contributed by atoms with Crippen molar-refractivity contribution in [2.24, 2.45) is 0 Å². The van der Waals surface area contributed by atoms with Crippen molar-refractivity contribution in [1.29, 1.82) is 0 Å². The summed E-state index contributed by atoms with van der Waals surface area (Å²) in [6.07, 6.45) is 4.39. The highest BCUT2D eigenvalue weighted by atomic mass is 32.1. The largest absolute Gasteiger partial charge is 0.497 e. The molecule has 29 heavy (non-hydrogen) atoms. The molecule has 0 spiro atoms. The first-order valence-corrected chi connectivity index (χ1v) is 11.1. The molecule has 0 bridgehead atoms. The summed E-state index contributed by atoms with van der Waals surface area (Å²) in [6.45, 7) is 6.51. The number of ether oxygens (including phenoxy) is 1. The fourth-order valence-corrected chi connectivity index (χ4v) is 4.84. The van der Waals surface area contributed by atoms with Crippen molar-refractivity contribution in [3.63, 3.8) is 0 Å². The predicted octanol–water partition coefficient (Wildman–Crippen LogP) is 3.38. The summed E-state index contributed by atoms with van der Waals surface area (Å²) in [7, 11) is 1.69. The van der Waals surface area contributed by atoms with Crippen molar-refractivity contribution in [1.82, 2.24) is 19.2 Å². The van der Waals surface area contributed by atoms with Crippen molar-refractivity contribution < 1.29 is 9.53 Å². The van der Waals surface area contributed by atoms with Gasteiger partial charge in [0.25, 0.3) is 0 Å². The van der Waals surface area contributed by atoms with Crippen LogP contribution in [-0.4, -0.2) is 58.4 Å². The molecule has 1 fully saturated rings. The second kappa shape index (κ2) is 8.97. The molecule has 2 aromatic heterocycles. The molecule has 154 valence electrons. The third-order valence-corrected chi connectivity index (χ3v) is 6.39. The fraction of sp³-hybridized carbons (Fsp3) is 0.455. The van der Waals surface area contributed by atoms with Gasteiger partial charge in [0, 0.05) is 56.4 Å². The molecule has 0 unspecified atom stereocenters. The van der Waals surface area contributed by atoms with E-state index in [0.717, 1.165) is 62.0 Å². The second-order valence-corrected chi connectivity index (χ2v) is 8.46. The number of hydrogen-bond donors (Lipinski definition) is 0. The summed E-state index contributed by atoms with van der Waals surface area (Å²) in [5.41, 5.74) is 3.48. The van der Waals surface area contributed by atoms with E-state index in [1.807, 2.05) is 24.0 Å². The number of benzene rings is 1. The normalized spacial score (nSPS) is 15.6. The van der Waals surface area contributed by atoms with Gasteiger partial charge in [0.05, 0.1) is 12.8 Å². The van der Waals surface area contributed by atoms with Gasteiger partial charge in [0.15, 0.2) is 4.96 Å². The zero-order valence-corrected chi connectivity index (χ0v) is 18.0. The lowest BCUT2D eigenvalue weighted by Crippen LogP contribution is -2.35. The molecule has 1 aliphatic rings. The lowest BCUT2D eigenvalue weighted by atomic mass is 10.2. The molecule has 6 nitrogen and oxygen atoms in total. The molecule has 7 heteroatoms. The quantitative estimate of drug-likeness (QED) is 0.623. The van der Waals surface area contributed by atoms with Crippen LogP contribution in [0.2, 0.25) is 0 Å². The smallest absolute Gasteiger partial charge is 0.223 e. The highest BCUT2D eigenvalue weighted by molar-refractivity contribution is 7.15. The average Bonchev–Trinajstić information content (AvgIpc) is 3.18. The van der Waals surface area contributed by atoms with Gasteiger partial charge < -0.3 is 9.64 Å². The van der Waals surface area contributed by atoms with Gasteiger partial charge in [-0.25, -0.2) is 4.98 Å². The van der Waals surface area contributed by atoms with Gasteiger partial charge in [0.1, 0.15) is 5.75 Å². The zero-order valence-electron chi connectivity index (χ0n) is 17.1. The first-order valence-electron chi connectivity index (χ1n) is 10.2. The Balaban J connectivity index is 1.28. The van der Waals surface area contributed by atoms with Crippen molar-refractivity contribution in [3.8, 4) is 5.75 Å². The lowest BCUT2D eigenvalue weighted by molar-refractivity contribution is -0.131. The maximum Gasteiger partial charge on any atom is 0.223 e. The van der Waals surface area contributed by atoms with E-state index < -0.39 is 0 Å². The minimum Gasteiger partial charge on any atom is -0.497 e. The summed E-state index contributed by atoms with van der Waals surface area (Å²) in [5, 5.41) is 2.12. The van der Waals surface area contributed by atoms with Crippen LogP contribution >= 0.6 is 11.3 Å². The van der Waals surface area contributed by atoms with Crippen molar-refractivity contribution in [2.45, 2.75) is 32.7 Å². The van der Waals surface area contributed by atoms with E-state index in [4.69, 9.17) is 4.74 Å². The first-order chi connectivity index (χ1) is 14.1. The molecule has 1 aliphatic heterocycles. The highest BCUT2D eigenvalue weighted by Crippen LogP contribution is 2.19. The summed E-state index contributed by atoms with van der Waals surface area (Å²) >= 11 is 1.64. The Hall–Kier alpha value is -2.38. The highest BCUT2D eigenvalue weighted by Gasteiger charge is 2.19. The van der Waals surface area contributed by atoms with E-state index in [1.165, 1.54) is 11.3 Å². The molecule has 0 saturated carbocycles. The zero-order chi connectivity index (χ0) is 20.2. The second-order valence-electron chi connectivity index (χ2n) is 7.62. The number of aryl methyl sites for hydroxylation is 2. The summed E-state index contributed by atoms with van der Waals surface area (Å²) in [5.74, 6) is 1.14. The van der Waals surface area contributed by atoms with Crippen molar-refractivity contribution in [2.75, 3.05) is 33.3 Å². The van der Waals surface area contributed by atoms with Crippen LogP contribution in [0.4, 0.5) is 0 Å². The number of fused-ring (bicyclic) bond motifs is 1.